The fraction of sp³-hybridized carbons (Fsp3) is 0.263. The molecule has 0 aliphatic rings. The Balaban J connectivity index is 1.97. The number of benzene rings is 2. The number of carbonyl (C=O) groups is 2. The number of carbonyl (C=O) groups excluding carboxylic acids is 2. The van der Waals surface area contributed by atoms with Crippen molar-refractivity contribution in [2.75, 3.05) is 11.1 Å². The van der Waals surface area contributed by atoms with Crippen molar-refractivity contribution in [3.63, 3.8) is 0 Å². The SMILES string of the molecule is CC(C)(C)OC(=O)NCc1cccc(NC(=O)c2cccc(N)c2)c1. The quantitative estimate of drug-likeness (QED) is 0.741. The standard InChI is InChI=1S/C19H23N3O3/c1-19(2,3)25-18(24)21-12-13-6-4-9-16(10-13)22-17(23)14-7-5-8-15(20)11-14/h4-11H,12,20H2,1-3H3,(H,21,24)(H,22,23). The maximum Gasteiger partial charge on any atom is 0.407 e. The number of rotatable bonds is 4. The van der Waals surface area contributed by atoms with Gasteiger partial charge in [0.05, 0.1) is 0 Å². The van der Waals surface area contributed by atoms with Gasteiger partial charge in [-0.2, -0.15) is 0 Å². The maximum absolute atomic E-state index is 12.2. The summed E-state index contributed by atoms with van der Waals surface area (Å²) < 4.78 is 5.19. The highest BCUT2D eigenvalue weighted by atomic mass is 16.6. The maximum atomic E-state index is 12.2. The van der Waals surface area contributed by atoms with Gasteiger partial charge in [0.25, 0.3) is 5.91 Å². The summed E-state index contributed by atoms with van der Waals surface area (Å²) in [6, 6.07) is 14.0. The Kier molecular flexibility index (Phi) is 5.64. The van der Waals surface area contributed by atoms with E-state index in [0.717, 1.165) is 5.56 Å². The van der Waals surface area contributed by atoms with Crippen LogP contribution in [0.25, 0.3) is 0 Å². The van der Waals surface area contributed by atoms with Gasteiger partial charge in [-0.25, -0.2) is 4.79 Å². The van der Waals surface area contributed by atoms with Crippen molar-refractivity contribution in [3.05, 3.63) is 59.7 Å². The van der Waals surface area contributed by atoms with Gasteiger partial charge in [0.15, 0.2) is 0 Å². The third-order valence-electron chi connectivity index (χ3n) is 3.17. The third-order valence-corrected chi connectivity index (χ3v) is 3.17. The monoisotopic (exact) mass is 341 g/mol. The van der Waals surface area contributed by atoms with Gasteiger partial charge < -0.3 is 21.1 Å². The Hall–Kier alpha value is -3.02. The first-order chi connectivity index (χ1) is 11.7. The fourth-order valence-electron chi connectivity index (χ4n) is 2.13. The summed E-state index contributed by atoms with van der Waals surface area (Å²) in [6.45, 7) is 5.72. The smallest absolute Gasteiger partial charge is 0.407 e. The van der Waals surface area contributed by atoms with Crippen molar-refractivity contribution in [1.82, 2.24) is 5.32 Å². The van der Waals surface area contributed by atoms with Gasteiger partial charge in [-0.15, -0.1) is 0 Å². The molecule has 0 atom stereocenters. The molecule has 0 spiro atoms. The number of hydrogen-bond acceptors (Lipinski definition) is 4. The van der Waals surface area contributed by atoms with Crippen molar-refractivity contribution in [3.8, 4) is 0 Å². The average Bonchev–Trinajstić information content (AvgIpc) is 2.52. The molecule has 2 rings (SSSR count). The van der Waals surface area contributed by atoms with Crippen molar-refractivity contribution in [2.45, 2.75) is 32.9 Å². The molecule has 4 N–H and O–H groups in total. The topological polar surface area (TPSA) is 93.5 Å². The van der Waals surface area contributed by atoms with E-state index in [0.29, 0.717) is 23.5 Å². The predicted molar refractivity (Wildman–Crippen MR) is 98.3 cm³/mol. The summed E-state index contributed by atoms with van der Waals surface area (Å²) >= 11 is 0. The molecule has 0 radical (unpaired) electrons. The molecule has 6 heteroatoms. The number of ether oxygens (including phenoxy) is 1. The molecule has 2 aromatic rings. The van der Waals surface area contributed by atoms with Crippen LogP contribution in [-0.4, -0.2) is 17.6 Å². The van der Waals surface area contributed by atoms with E-state index in [1.807, 2.05) is 6.07 Å². The highest BCUT2D eigenvalue weighted by Gasteiger charge is 2.15. The molecule has 0 saturated carbocycles. The fourth-order valence-corrected chi connectivity index (χ4v) is 2.13. The second-order valence-corrected chi connectivity index (χ2v) is 6.64. The Morgan fingerprint density at radius 1 is 1.08 bits per heavy atom. The number of alkyl carbamates (subject to hydrolysis) is 1. The Morgan fingerprint density at radius 2 is 1.80 bits per heavy atom. The van der Waals surface area contributed by atoms with Gasteiger partial charge >= 0.3 is 6.09 Å². The molecule has 0 aromatic heterocycles. The molecule has 0 bridgehead atoms. The molecule has 0 unspecified atom stereocenters. The molecule has 2 aromatic carbocycles. The highest BCUT2D eigenvalue weighted by Crippen LogP contribution is 2.14. The minimum absolute atomic E-state index is 0.246. The van der Waals surface area contributed by atoms with Gasteiger partial charge in [0, 0.05) is 23.5 Å². The summed E-state index contributed by atoms with van der Waals surface area (Å²) in [6.07, 6.45) is -0.485. The van der Waals surface area contributed by atoms with Crippen LogP contribution in [0.3, 0.4) is 0 Å². The van der Waals surface area contributed by atoms with Gasteiger partial charge in [0.2, 0.25) is 0 Å². The van der Waals surface area contributed by atoms with Crippen molar-refractivity contribution in [2.24, 2.45) is 0 Å². The number of nitrogens with one attached hydrogen (secondary N) is 2. The van der Waals surface area contributed by atoms with Crippen molar-refractivity contribution < 1.29 is 14.3 Å². The zero-order chi connectivity index (χ0) is 18.4. The van der Waals surface area contributed by atoms with Crippen molar-refractivity contribution >= 4 is 23.4 Å². The van der Waals surface area contributed by atoms with Gasteiger partial charge in [-0.3, -0.25) is 4.79 Å². The third kappa shape index (κ3) is 6.18. The van der Waals surface area contributed by atoms with Crippen LogP contribution in [0, 0.1) is 0 Å². The molecule has 6 nitrogen and oxygen atoms in total. The van der Waals surface area contributed by atoms with E-state index in [4.69, 9.17) is 10.5 Å². The number of amides is 2. The highest BCUT2D eigenvalue weighted by molar-refractivity contribution is 6.04. The van der Waals surface area contributed by atoms with E-state index in [9.17, 15) is 9.59 Å². The van der Waals surface area contributed by atoms with E-state index in [1.165, 1.54) is 0 Å². The number of hydrogen-bond donors (Lipinski definition) is 3. The minimum Gasteiger partial charge on any atom is -0.444 e. The van der Waals surface area contributed by atoms with Gasteiger partial charge in [-0.05, 0) is 56.7 Å². The molecule has 0 saturated heterocycles. The minimum atomic E-state index is -0.544. The Bertz CT molecular complexity index is 767. The molecule has 2 amide bonds. The van der Waals surface area contributed by atoms with Gasteiger partial charge in [-0.1, -0.05) is 18.2 Å². The van der Waals surface area contributed by atoms with E-state index in [2.05, 4.69) is 10.6 Å². The molecular weight excluding hydrogens is 318 g/mol. The molecule has 132 valence electrons. The first-order valence-electron chi connectivity index (χ1n) is 7.96. The first-order valence-corrected chi connectivity index (χ1v) is 7.96. The normalized spacial score (nSPS) is 10.8. The van der Waals surface area contributed by atoms with Crippen LogP contribution >= 0.6 is 0 Å². The molecule has 0 aliphatic carbocycles. The lowest BCUT2D eigenvalue weighted by molar-refractivity contribution is 0.0523. The van der Waals surface area contributed by atoms with Crippen LogP contribution in [0.4, 0.5) is 16.2 Å². The van der Waals surface area contributed by atoms with E-state index < -0.39 is 11.7 Å². The lowest BCUT2D eigenvalue weighted by atomic mass is 10.1. The zero-order valence-electron chi connectivity index (χ0n) is 14.6. The van der Waals surface area contributed by atoms with Crippen molar-refractivity contribution in [1.29, 1.82) is 0 Å². The molecular formula is C19H23N3O3. The lowest BCUT2D eigenvalue weighted by Crippen LogP contribution is -2.32. The molecule has 25 heavy (non-hydrogen) atoms. The van der Waals surface area contributed by atoms with Crippen LogP contribution in [0.1, 0.15) is 36.7 Å². The van der Waals surface area contributed by atoms with E-state index in [-0.39, 0.29) is 5.91 Å². The molecule has 0 fully saturated rings. The number of nitrogens with two attached hydrogens (primary N) is 1. The van der Waals surface area contributed by atoms with Gasteiger partial charge in [0.1, 0.15) is 5.60 Å². The second-order valence-electron chi connectivity index (χ2n) is 6.64. The van der Waals surface area contributed by atoms with E-state index in [1.54, 1.807) is 63.2 Å². The summed E-state index contributed by atoms with van der Waals surface area (Å²) in [5.41, 5.74) is 7.64. The Morgan fingerprint density at radius 3 is 2.48 bits per heavy atom. The number of nitrogen functional groups attached to an aromatic ring is 1. The summed E-state index contributed by atoms with van der Waals surface area (Å²) in [7, 11) is 0. The van der Waals surface area contributed by atoms with Crippen LogP contribution in [0.5, 0.6) is 0 Å². The van der Waals surface area contributed by atoms with Crippen LogP contribution in [0.15, 0.2) is 48.5 Å². The second kappa shape index (κ2) is 7.70. The molecule has 0 heterocycles. The lowest BCUT2D eigenvalue weighted by Gasteiger charge is -2.19. The zero-order valence-corrected chi connectivity index (χ0v) is 14.6. The Labute approximate surface area is 147 Å². The summed E-state index contributed by atoms with van der Waals surface area (Å²) in [5.74, 6) is -0.246. The predicted octanol–water partition coefficient (Wildman–Crippen LogP) is 3.55. The van der Waals surface area contributed by atoms with Crippen LogP contribution in [0.2, 0.25) is 0 Å². The van der Waals surface area contributed by atoms with Crippen LogP contribution < -0.4 is 16.4 Å². The van der Waals surface area contributed by atoms with E-state index >= 15 is 0 Å². The molecule has 0 aliphatic heterocycles. The number of anilines is 2. The average molecular weight is 341 g/mol. The summed E-state index contributed by atoms with van der Waals surface area (Å²) in [4.78, 5) is 23.9. The first kappa shape index (κ1) is 18.3. The summed E-state index contributed by atoms with van der Waals surface area (Å²) in [5, 5.41) is 5.50. The largest absolute Gasteiger partial charge is 0.444 e. The van der Waals surface area contributed by atoms with Crippen LogP contribution in [-0.2, 0) is 11.3 Å².